The van der Waals surface area contributed by atoms with Crippen molar-refractivity contribution in [1.82, 2.24) is 20.7 Å². The topological polar surface area (TPSA) is 90.9 Å². The molecular formula is C6H8N4O2. The average Bonchev–Trinajstić information content (AvgIpc) is 2.31. The fourth-order valence-electron chi connectivity index (χ4n) is 1.16. The molecule has 0 amide bonds. The van der Waals surface area contributed by atoms with E-state index in [1.165, 1.54) is 0 Å². The minimum absolute atomic E-state index is 0.0206. The molecule has 0 radical (unpaired) electrons. The fourth-order valence-corrected chi connectivity index (χ4v) is 1.16. The van der Waals surface area contributed by atoms with E-state index in [2.05, 4.69) is 20.7 Å². The summed E-state index contributed by atoms with van der Waals surface area (Å²) < 4.78 is 0. The number of nitrogens with zero attached hydrogens (tertiary/aromatic N) is 2. The zero-order valence-corrected chi connectivity index (χ0v) is 6.24. The minimum atomic E-state index is -1.03. The summed E-state index contributed by atoms with van der Waals surface area (Å²) in [5, 5.41) is 21.4. The number of hydrogen-bond donors (Lipinski definition) is 3. The molecular weight excluding hydrogens is 160 g/mol. The van der Waals surface area contributed by atoms with E-state index >= 15 is 0 Å². The van der Waals surface area contributed by atoms with Gasteiger partial charge in [0.15, 0.2) is 5.69 Å². The quantitative estimate of drug-likeness (QED) is 0.555. The first-order valence-corrected chi connectivity index (χ1v) is 3.66. The van der Waals surface area contributed by atoms with E-state index < -0.39 is 5.97 Å². The van der Waals surface area contributed by atoms with Crippen molar-refractivity contribution in [3.05, 3.63) is 11.4 Å². The Morgan fingerprint density at radius 3 is 2.83 bits per heavy atom. The maximum absolute atomic E-state index is 10.6. The van der Waals surface area contributed by atoms with E-state index in [0.29, 0.717) is 5.69 Å². The Morgan fingerprint density at radius 2 is 2.33 bits per heavy atom. The number of H-pyrrole nitrogens is 1. The van der Waals surface area contributed by atoms with Crippen LogP contribution in [0.3, 0.4) is 0 Å². The number of carboxylic acids is 1. The second kappa shape index (κ2) is 2.56. The molecule has 6 nitrogen and oxygen atoms in total. The highest BCUT2D eigenvalue weighted by Gasteiger charge is 2.27. The van der Waals surface area contributed by atoms with E-state index in [1.807, 2.05) is 0 Å². The van der Waals surface area contributed by atoms with Crippen LogP contribution in [0.2, 0.25) is 0 Å². The van der Waals surface area contributed by atoms with Crippen molar-refractivity contribution in [1.29, 1.82) is 0 Å². The highest BCUT2D eigenvalue weighted by Crippen LogP contribution is 2.22. The van der Waals surface area contributed by atoms with Crippen molar-refractivity contribution in [2.75, 3.05) is 6.54 Å². The Balaban J connectivity index is 2.29. The lowest BCUT2D eigenvalue weighted by Crippen LogP contribution is -2.36. The van der Waals surface area contributed by atoms with Gasteiger partial charge in [-0.15, -0.1) is 5.10 Å². The van der Waals surface area contributed by atoms with Gasteiger partial charge in [0.05, 0.1) is 6.04 Å². The largest absolute Gasteiger partial charge is 0.476 e. The van der Waals surface area contributed by atoms with Crippen LogP contribution in [0.25, 0.3) is 0 Å². The minimum Gasteiger partial charge on any atom is -0.476 e. The van der Waals surface area contributed by atoms with E-state index in [0.717, 1.165) is 13.0 Å². The molecule has 2 heterocycles. The fraction of sp³-hybridized carbons (Fsp3) is 0.500. The number of hydrogen-bond acceptors (Lipinski definition) is 4. The van der Waals surface area contributed by atoms with Crippen LogP contribution >= 0.6 is 0 Å². The third-order valence-electron chi connectivity index (χ3n) is 1.93. The second-order valence-electron chi connectivity index (χ2n) is 2.66. The van der Waals surface area contributed by atoms with Crippen molar-refractivity contribution in [2.45, 2.75) is 12.5 Å². The van der Waals surface area contributed by atoms with Crippen molar-refractivity contribution in [3.8, 4) is 0 Å². The average molecular weight is 168 g/mol. The molecule has 1 aromatic rings. The molecule has 3 N–H and O–H groups in total. The Kier molecular flexibility index (Phi) is 1.54. The van der Waals surface area contributed by atoms with E-state index in [1.54, 1.807) is 0 Å². The summed E-state index contributed by atoms with van der Waals surface area (Å²) in [5.41, 5.74) is 0.529. The number of aromatic nitrogens is 3. The van der Waals surface area contributed by atoms with Crippen molar-refractivity contribution >= 4 is 5.97 Å². The third kappa shape index (κ3) is 0.964. The van der Waals surface area contributed by atoms with Gasteiger partial charge in [-0.25, -0.2) is 4.79 Å². The maximum Gasteiger partial charge on any atom is 0.358 e. The van der Waals surface area contributed by atoms with Gasteiger partial charge in [-0.05, 0) is 13.0 Å². The van der Waals surface area contributed by atoms with Gasteiger partial charge in [0.2, 0.25) is 0 Å². The molecule has 0 saturated carbocycles. The van der Waals surface area contributed by atoms with Crippen LogP contribution < -0.4 is 5.32 Å². The van der Waals surface area contributed by atoms with Gasteiger partial charge in [-0.1, -0.05) is 0 Å². The predicted molar refractivity (Wildman–Crippen MR) is 38.7 cm³/mol. The Labute approximate surface area is 68.0 Å². The Bertz CT molecular complexity index is 304. The zero-order chi connectivity index (χ0) is 8.55. The van der Waals surface area contributed by atoms with Crippen LogP contribution in [0, 0.1) is 0 Å². The Hall–Kier alpha value is -1.43. The molecule has 0 bridgehead atoms. The van der Waals surface area contributed by atoms with Gasteiger partial charge in [-0.3, -0.25) is 0 Å². The molecule has 12 heavy (non-hydrogen) atoms. The number of carbonyl (C=O) groups is 1. The standard InChI is InChI=1S/C6H8N4O2/c11-6(12)5-4(8-10-9-5)3-1-2-7-3/h3,7H,1-2H2,(H,11,12)(H,8,9,10). The molecule has 1 atom stereocenters. The van der Waals surface area contributed by atoms with Crippen LogP contribution in [0.1, 0.15) is 28.6 Å². The lowest BCUT2D eigenvalue weighted by molar-refractivity contribution is 0.0687. The zero-order valence-electron chi connectivity index (χ0n) is 6.24. The summed E-state index contributed by atoms with van der Waals surface area (Å²) in [6, 6.07) is 0.0647. The summed E-state index contributed by atoms with van der Waals surface area (Å²) in [5.74, 6) is -1.03. The Morgan fingerprint density at radius 1 is 1.58 bits per heavy atom. The lowest BCUT2D eigenvalue weighted by Gasteiger charge is -2.25. The normalized spacial score (nSPS) is 21.8. The van der Waals surface area contributed by atoms with E-state index in [4.69, 9.17) is 5.11 Å². The molecule has 1 saturated heterocycles. The van der Waals surface area contributed by atoms with Crippen molar-refractivity contribution in [3.63, 3.8) is 0 Å². The highest BCUT2D eigenvalue weighted by molar-refractivity contribution is 5.86. The number of aromatic amines is 1. The first kappa shape index (κ1) is 7.23. The summed E-state index contributed by atoms with van der Waals surface area (Å²) in [4.78, 5) is 10.6. The molecule has 1 aliphatic rings. The van der Waals surface area contributed by atoms with Crippen molar-refractivity contribution < 1.29 is 9.90 Å². The molecule has 1 fully saturated rings. The van der Waals surface area contributed by atoms with Crippen LogP contribution in [-0.2, 0) is 0 Å². The van der Waals surface area contributed by atoms with E-state index in [-0.39, 0.29) is 11.7 Å². The summed E-state index contributed by atoms with van der Waals surface area (Å²) >= 11 is 0. The maximum atomic E-state index is 10.6. The summed E-state index contributed by atoms with van der Waals surface area (Å²) in [6.07, 6.45) is 0.923. The van der Waals surface area contributed by atoms with Gasteiger partial charge in [0.25, 0.3) is 0 Å². The van der Waals surface area contributed by atoms with Gasteiger partial charge < -0.3 is 10.4 Å². The first-order valence-electron chi connectivity index (χ1n) is 3.66. The first-order chi connectivity index (χ1) is 5.79. The van der Waals surface area contributed by atoms with Crippen LogP contribution in [0.5, 0.6) is 0 Å². The van der Waals surface area contributed by atoms with Crippen LogP contribution in [0.15, 0.2) is 0 Å². The SMILES string of the molecule is O=C(O)c1n[nH]nc1C1CCN1. The monoisotopic (exact) mass is 168 g/mol. The predicted octanol–water partition coefficient (Wildman–Crippen LogP) is -0.463. The van der Waals surface area contributed by atoms with Crippen LogP contribution in [-0.4, -0.2) is 33.0 Å². The second-order valence-corrected chi connectivity index (χ2v) is 2.66. The molecule has 1 aliphatic heterocycles. The van der Waals surface area contributed by atoms with Gasteiger partial charge in [0, 0.05) is 0 Å². The van der Waals surface area contributed by atoms with Gasteiger partial charge in [0.1, 0.15) is 5.69 Å². The third-order valence-corrected chi connectivity index (χ3v) is 1.93. The number of aromatic carboxylic acids is 1. The number of nitrogens with one attached hydrogen (secondary N) is 2. The van der Waals surface area contributed by atoms with E-state index in [9.17, 15) is 4.79 Å². The van der Waals surface area contributed by atoms with Crippen molar-refractivity contribution in [2.24, 2.45) is 0 Å². The smallest absolute Gasteiger partial charge is 0.358 e. The highest BCUT2D eigenvalue weighted by atomic mass is 16.4. The summed E-state index contributed by atoms with van der Waals surface area (Å²) in [7, 11) is 0. The molecule has 1 aromatic heterocycles. The number of rotatable bonds is 2. The molecule has 0 aromatic carbocycles. The lowest BCUT2D eigenvalue weighted by atomic mass is 10.0. The molecule has 2 rings (SSSR count). The van der Waals surface area contributed by atoms with Gasteiger partial charge in [-0.2, -0.15) is 10.3 Å². The molecule has 1 unspecified atom stereocenters. The molecule has 0 aliphatic carbocycles. The number of carboxylic acid groups (broad SMARTS) is 1. The van der Waals surface area contributed by atoms with Gasteiger partial charge >= 0.3 is 5.97 Å². The molecule has 6 heteroatoms. The molecule has 64 valence electrons. The van der Waals surface area contributed by atoms with Crippen LogP contribution in [0.4, 0.5) is 0 Å². The molecule has 0 spiro atoms. The summed E-state index contributed by atoms with van der Waals surface area (Å²) in [6.45, 7) is 0.913.